The summed E-state index contributed by atoms with van der Waals surface area (Å²) < 4.78 is 0. The molecule has 0 saturated carbocycles. The van der Waals surface area contributed by atoms with Crippen LogP contribution in [-0.4, -0.2) is 11.1 Å². The van der Waals surface area contributed by atoms with Gasteiger partial charge in [-0.3, -0.25) is 4.79 Å². The zero-order valence-corrected chi connectivity index (χ0v) is 6.29. The summed E-state index contributed by atoms with van der Waals surface area (Å²) in [7, 11) is 0. The first kappa shape index (κ1) is 12.3. The molecule has 0 rings (SSSR count). The van der Waals surface area contributed by atoms with Crippen LogP contribution in [0.3, 0.4) is 0 Å². The molecule has 0 aromatic heterocycles. The number of nitrogens with zero attached hydrogens (tertiary/aromatic N) is 1. The largest absolute Gasteiger partial charge is 1.00 e. The van der Waals surface area contributed by atoms with Crippen molar-refractivity contribution in [2.75, 3.05) is 0 Å². The Bertz CT molecular complexity index is 146. The van der Waals surface area contributed by atoms with Gasteiger partial charge in [-0.1, -0.05) is 0 Å². The van der Waals surface area contributed by atoms with Crippen molar-refractivity contribution >= 4 is 5.97 Å². The molecule has 10 heavy (non-hydrogen) atoms. The fourth-order valence-electron chi connectivity index (χ4n) is 0.405. The molecule has 0 aliphatic rings. The van der Waals surface area contributed by atoms with Gasteiger partial charge in [0.15, 0.2) is 0 Å². The molecule has 0 amide bonds. The Labute approximate surface area is 73.7 Å². The molecule has 0 aromatic rings. The molecule has 0 bridgehead atoms. The Kier molecular flexibility index (Phi) is 8.18. The molecule has 4 heteroatoms. The van der Waals surface area contributed by atoms with Crippen molar-refractivity contribution in [1.82, 2.24) is 0 Å². The monoisotopic (exact) mass is 135 g/mol. The Morgan fingerprint density at radius 2 is 2.40 bits per heavy atom. The Morgan fingerprint density at radius 3 is 2.70 bits per heavy atom. The maximum absolute atomic E-state index is 9.91. The van der Waals surface area contributed by atoms with Crippen LogP contribution >= 0.6 is 0 Å². The standard InChI is InChI=1S/C6H9NO2.Li.H/c1-5(4-7)2-3-6(8)9;;/h5H,2-3H2,1H3,(H,8,9);;/q;+1;-1. The van der Waals surface area contributed by atoms with Gasteiger partial charge in [-0.2, -0.15) is 5.26 Å². The Balaban J connectivity index is -0.000000320. The van der Waals surface area contributed by atoms with Gasteiger partial charge in [-0.15, -0.1) is 0 Å². The average Bonchev–Trinajstić information content (AvgIpc) is 1.83. The minimum absolute atomic E-state index is 0. The predicted octanol–water partition coefficient (Wildman–Crippen LogP) is -1.87. The van der Waals surface area contributed by atoms with Crippen LogP contribution in [0.25, 0.3) is 0 Å². The van der Waals surface area contributed by atoms with E-state index in [4.69, 9.17) is 10.4 Å². The molecule has 0 aromatic carbocycles. The van der Waals surface area contributed by atoms with E-state index in [2.05, 4.69) is 0 Å². The van der Waals surface area contributed by atoms with Gasteiger partial charge in [0.1, 0.15) is 0 Å². The van der Waals surface area contributed by atoms with Crippen LogP contribution in [0, 0.1) is 17.2 Å². The summed E-state index contributed by atoms with van der Waals surface area (Å²) in [5.41, 5.74) is 0. The topological polar surface area (TPSA) is 61.1 Å². The molecule has 0 aliphatic carbocycles. The molecule has 0 fully saturated rings. The molecule has 1 unspecified atom stereocenters. The van der Waals surface area contributed by atoms with Crippen molar-refractivity contribution in [2.24, 2.45) is 5.92 Å². The third-order valence-corrected chi connectivity index (χ3v) is 1.01. The molecule has 0 saturated heterocycles. The third kappa shape index (κ3) is 7.56. The molecule has 0 heterocycles. The minimum Gasteiger partial charge on any atom is -1.00 e. The minimum atomic E-state index is -0.836. The number of hydrogen-bond donors (Lipinski definition) is 1. The number of hydrogen-bond acceptors (Lipinski definition) is 2. The number of carbonyl (C=O) groups is 1. The second-order valence-corrected chi connectivity index (χ2v) is 1.96. The summed E-state index contributed by atoms with van der Waals surface area (Å²) in [4.78, 5) is 9.91. The van der Waals surface area contributed by atoms with E-state index in [1.54, 1.807) is 6.92 Å². The van der Waals surface area contributed by atoms with Gasteiger partial charge in [-0.25, -0.2) is 0 Å². The second-order valence-electron chi connectivity index (χ2n) is 1.96. The molecule has 0 spiro atoms. The number of carboxylic acid groups (broad SMARTS) is 1. The van der Waals surface area contributed by atoms with Gasteiger partial charge in [0.05, 0.1) is 6.07 Å². The first-order chi connectivity index (χ1) is 4.16. The van der Waals surface area contributed by atoms with Gasteiger partial charge in [0.2, 0.25) is 0 Å². The zero-order valence-electron chi connectivity index (χ0n) is 7.29. The van der Waals surface area contributed by atoms with Crippen LogP contribution < -0.4 is 18.9 Å². The molecule has 1 N–H and O–H groups in total. The first-order valence-electron chi connectivity index (χ1n) is 2.78. The normalized spacial score (nSPS) is 10.8. The van der Waals surface area contributed by atoms with Crippen molar-refractivity contribution in [3.05, 3.63) is 0 Å². The number of nitriles is 1. The van der Waals surface area contributed by atoms with Crippen LogP contribution in [0.15, 0.2) is 0 Å². The first-order valence-corrected chi connectivity index (χ1v) is 2.78. The summed E-state index contributed by atoms with van der Waals surface area (Å²) in [5, 5.41) is 16.4. The number of rotatable bonds is 3. The molecule has 0 aliphatic heterocycles. The van der Waals surface area contributed by atoms with Crippen molar-refractivity contribution < 1.29 is 30.2 Å². The SMILES string of the molecule is CC(C#N)CCC(=O)O.[H-].[Li+]. The maximum Gasteiger partial charge on any atom is 1.00 e. The van der Waals surface area contributed by atoms with Crippen molar-refractivity contribution in [3.63, 3.8) is 0 Å². The fraction of sp³-hybridized carbons (Fsp3) is 0.667. The van der Waals surface area contributed by atoms with Crippen LogP contribution in [0.5, 0.6) is 0 Å². The summed E-state index contributed by atoms with van der Waals surface area (Å²) in [6.07, 6.45) is 0.542. The Morgan fingerprint density at radius 1 is 1.90 bits per heavy atom. The van der Waals surface area contributed by atoms with E-state index >= 15 is 0 Å². The van der Waals surface area contributed by atoms with E-state index in [0.29, 0.717) is 6.42 Å². The molecular weight excluding hydrogens is 125 g/mol. The van der Waals surface area contributed by atoms with E-state index in [9.17, 15) is 4.79 Å². The van der Waals surface area contributed by atoms with Crippen molar-refractivity contribution in [2.45, 2.75) is 19.8 Å². The fourth-order valence-corrected chi connectivity index (χ4v) is 0.405. The number of carboxylic acids is 1. The zero-order chi connectivity index (χ0) is 7.28. The molecule has 1 atom stereocenters. The van der Waals surface area contributed by atoms with E-state index in [0.717, 1.165) is 0 Å². The van der Waals surface area contributed by atoms with Gasteiger partial charge < -0.3 is 6.53 Å². The summed E-state index contributed by atoms with van der Waals surface area (Å²) in [5.74, 6) is -0.974. The van der Waals surface area contributed by atoms with Gasteiger partial charge in [0, 0.05) is 12.3 Å². The van der Waals surface area contributed by atoms with Gasteiger partial charge in [0.25, 0.3) is 0 Å². The van der Waals surface area contributed by atoms with Crippen molar-refractivity contribution in [3.8, 4) is 6.07 Å². The van der Waals surface area contributed by atoms with Crippen LogP contribution in [0.2, 0.25) is 0 Å². The summed E-state index contributed by atoms with van der Waals surface area (Å²) in [6, 6.07) is 1.96. The molecule has 3 nitrogen and oxygen atoms in total. The van der Waals surface area contributed by atoms with Crippen molar-refractivity contribution in [1.29, 1.82) is 5.26 Å². The number of aliphatic carboxylic acids is 1. The van der Waals surface area contributed by atoms with Gasteiger partial charge in [-0.05, 0) is 13.3 Å². The summed E-state index contributed by atoms with van der Waals surface area (Å²) in [6.45, 7) is 1.71. The quantitative estimate of drug-likeness (QED) is 0.461. The van der Waals surface area contributed by atoms with Gasteiger partial charge >= 0.3 is 24.8 Å². The van der Waals surface area contributed by atoms with Crippen LogP contribution in [-0.2, 0) is 4.79 Å². The maximum atomic E-state index is 9.91. The second kappa shape index (κ2) is 6.67. The summed E-state index contributed by atoms with van der Waals surface area (Å²) >= 11 is 0. The molecular formula is C6H10LiNO2. The van der Waals surface area contributed by atoms with Crippen LogP contribution in [0.4, 0.5) is 0 Å². The van der Waals surface area contributed by atoms with E-state index in [-0.39, 0.29) is 32.6 Å². The smallest absolute Gasteiger partial charge is 1.00 e. The Hall–Kier alpha value is -0.443. The molecule has 0 radical (unpaired) electrons. The molecule has 52 valence electrons. The average molecular weight is 135 g/mol. The van der Waals surface area contributed by atoms with E-state index in [1.165, 1.54) is 0 Å². The third-order valence-electron chi connectivity index (χ3n) is 1.01. The van der Waals surface area contributed by atoms with E-state index < -0.39 is 5.97 Å². The predicted molar refractivity (Wildman–Crippen MR) is 32.8 cm³/mol. The van der Waals surface area contributed by atoms with Crippen LogP contribution in [0.1, 0.15) is 21.2 Å². The van der Waals surface area contributed by atoms with E-state index in [1.807, 2.05) is 6.07 Å².